The number of nitrogens with zero attached hydrogens (tertiary/aromatic N) is 4. The van der Waals surface area contributed by atoms with Crippen LogP contribution in [0.4, 0.5) is 11.4 Å². The second kappa shape index (κ2) is 8.70. The van der Waals surface area contributed by atoms with Crippen molar-refractivity contribution in [3.63, 3.8) is 0 Å². The van der Waals surface area contributed by atoms with Crippen molar-refractivity contribution >= 4 is 29.4 Å². The lowest BCUT2D eigenvalue weighted by Crippen LogP contribution is -2.21. The number of aryl methyl sites for hydroxylation is 3. The molecular formula is C17H20N6O4. The van der Waals surface area contributed by atoms with Crippen molar-refractivity contribution < 1.29 is 14.5 Å². The Hall–Kier alpha value is -3.56. The smallest absolute Gasteiger partial charge is 0.293 e. The molecule has 142 valence electrons. The predicted octanol–water partition coefficient (Wildman–Crippen LogP) is 1.81. The van der Waals surface area contributed by atoms with Crippen molar-refractivity contribution in [3.8, 4) is 0 Å². The number of hydrogen-bond donors (Lipinski definition) is 2. The number of hydrogen-bond acceptors (Lipinski definition) is 6. The van der Waals surface area contributed by atoms with E-state index in [9.17, 15) is 19.7 Å². The number of amides is 2. The molecule has 2 amide bonds. The summed E-state index contributed by atoms with van der Waals surface area (Å²) in [5, 5.41) is 21.5. The first kappa shape index (κ1) is 19.8. The topological polar surface area (TPSA) is 132 Å². The summed E-state index contributed by atoms with van der Waals surface area (Å²) >= 11 is 0. The van der Waals surface area contributed by atoms with Gasteiger partial charge in [0.25, 0.3) is 5.69 Å². The van der Waals surface area contributed by atoms with Crippen LogP contribution in [0.15, 0.2) is 29.5 Å². The summed E-state index contributed by atoms with van der Waals surface area (Å²) in [5.41, 5.74) is 4.48. The van der Waals surface area contributed by atoms with Gasteiger partial charge in [0.15, 0.2) is 0 Å². The Bertz CT molecular complexity index is 903. The molecule has 1 aromatic heterocycles. The fourth-order valence-electron chi connectivity index (χ4n) is 2.31. The fraction of sp³-hybridized carbons (Fsp3) is 0.294. The van der Waals surface area contributed by atoms with Gasteiger partial charge >= 0.3 is 0 Å². The molecule has 0 bridgehead atoms. The molecule has 0 radical (unpaired) electrons. The van der Waals surface area contributed by atoms with Gasteiger partial charge in [-0.15, -0.1) is 0 Å². The highest BCUT2D eigenvalue weighted by molar-refractivity contribution is 5.95. The Morgan fingerprint density at radius 1 is 1.30 bits per heavy atom. The molecule has 0 aliphatic heterocycles. The SMILES string of the molecule is Cc1ccc(NC(=O)CCC(=O)N/N=C\c2cn(C)nc2C)c([N+](=O)[O-])c1. The molecule has 0 atom stereocenters. The minimum Gasteiger partial charge on any atom is -0.320 e. The van der Waals surface area contributed by atoms with Crippen LogP contribution in [-0.2, 0) is 16.6 Å². The molecule has 0 saturated heterocycles. The van der Waals surface area contributed by atoms with Gasteiger partial charge < -0.3 is 5.32 Å². The number of carbonyl (C=O) groups is 2. The van der Waals surface area contributed by atoms with Crippen LogP contribution in [-0.4, -0.2) is 32.7 Å². The normalized spacial score (nSPS) is 10.8. The molecule has 0 unspecified atom stereocenters. The van der Waals surface area contributed by atoms with Gasteiger partial charge in [0.05, 0.1) is 16.8 Å². The van der Waals surface area contributed by atoms with Crippen molar-refractivity contribution in [1.29, 1.82) is 0 Å². The van der Waals surface area contributed by atoms with E-state index in [1.54, 1.807) is 30.9 Å². The molecule has 0 spiro atoms. The van der Waals surface area contributed by atoms with Crippen LogP contribution in [0.5, 0.6) is 0 Å². The van der Waals surface area contributed by atoms with Crippen molar-refractivity contribution in [2.75, 3.05) is 5.32 Å². The van der Waals surface area contributed by atoms with Gasteiger partial charge in [-0.2, -0.15) is 10.2 Å². The van der Waals surface area contributed by atoms with Crippen molar-refractivity contribution in [3.05, 3.63) is 51.3 Å². The highest BCUT2D eigenvalue weighted by Gasteiger charge is 2.16. The van der Waals surface area contributed by atoms with E-state index in [1.807, 2.05) is 6.92 Å². The maximum Gasteiger partial charge on any atom is 0.293 e. The van der Waals surface area contributed by atoms with Crippen molar-refractivity contribution in [2.45, 2.75) is 26.7 Å². The lowest BCUT2D eigenvalue weighted by atomic mass is 10.2. The average Bonchev–Trinajstić information content (AvgIpc) is 2.92. The molecule has 0 saturated carbocycles. The van der Waals surface area contributed by atoms with Gasteiger partial charge in [0, 0.05) is 37.7 Å². The maximum atomic E-state index is 12.0. The average molecular weight is 372 g/mol. The lowest BCUT2D eigenvalue weighted by Gasteiger charge is -2.06. The zero-order valence-electron chi connectivity index (χ0n) is 15.2. The number of nitrogens with one attached hydrogen (secondary N) is 2. The number of hydrazone groups is 1. The molecule has 2 rings (SSSR count). The van der Waals surface area contributed by atoms with Crippen LogP contribution in [0, 0.1) is 24.0 Å². The highest BCUT2D eigenvalue weighted by Crippen LogP contribution is 2.25. The first-order chi connectivity index (χ1) is 12.8. The van der Waals surface area contributed by atoms with E-state index in [-0.39, 0.29) is 24.2 Å². The van der Waals surface area contributed by atoms with E-state index in [1.165, 1.54) is 18.3 Å². The summed E-state index contributed by atoms with van der Waals surface area (Å²) in [4.78, 5) is 34.2. The summed E-state index contributed by atoms with van der Waals surface area (Å²) in [7, 11) is 1.78. The van der Waals surface area contributed by atoms with Crippen molar-refractivity contribution in [2.24, 2.45) is 12.1 Å². The number of benzene rings is 1. The molecule has 1 heterocycles. The number of rotatable bonds is 7. The zero-order valence-corrected chi connectivity index (χ0v) is 15.2. The molecule has 10 heteroatoms. The molecule has 1 aromatic carbocycles. The van der Waals surface area contributed by atoms with Crippen molar-refractivity contribution in [1.82, 2.24) is 15.2 Å². The third-order valence-corrected chi connectivity index (χ3v) is 3.65. The summed E-state index contributed by atoms with van der Waals surface area (Å²) in [6.07, 6.45) is 3.00. The number of aromatic nitrogens is 2. The third kappa shape index (κ3) is 5.73. The largest absolute Gasteiger partial charge is 0.320 e. The molecule has 0 aliphatic carbocycles. The Morgan fingerprint density at radius 2 is 2.00 bits per heavy atom. The number of nitro benzene ring substituents is 1. The third-order valence-electron chi connectivity index (χ3n) is 3.65. The van der Waals surface area contributed by atoms with Crippen LogP contribution >= 0.6 is 0 Å². The summed E-state index contributed by atoms with van der Waals surface area (Å²) in [6, 6.07) is 4.49. The van der Waals surface area contributed by atoms with Gasteiger partial charge in [-0.3, -0.25) is 24.4 Å². The standard InChI is InChI=1S/C17H20N6O4/c1-11-4-5-14(15(8-11)23(26)27)19-16(24)6-7-17(25)20-18-9-13-10-22(3)21-12(13)2/h4-5,8-10H,6-7H2,1-3H3,(H,19,24)(H,20,25)/b18-9-. The van der Waals surface area contributed by atoms with Gasteiger partial charge in [-0.25, -0.2) is 5.43 Å². The van der Waals surface area contributed by atoms with Crippen LogP contribution in [0.2, 0.25) is 0 Å². The maximum absolute atomic E-state index is 12.0. The summed E-state index contributed by atoms with van der Waals surface area (Å²) in [5.74, 6) is -0.939. The zero-order chi connectivity index (χ0) is 20.0. The summed E-state index contributed by atoms with van der Waals surface area (Å²) in [6.45, 7) is 3.54. The highest BCUT2D eigenvalue weighted by atomic mass is 16.6. The van der Waals surface area contributed by atoms with Crippen LogP contribution in [0.1, 0.15) is 29.7 Å². The minimum absolute atomic E-state index is 0.0982. The number of nitro groups is 1. The quantitative estimate of drug-likeness (QED) is 0.435. The first-order valence-electron chi connectivity index (χ1n) is 8.13. The second-order valence-corrected chi connectivity index (χ2v) is 5.96. The Balaban J connectivity index is 1.84. The van der Waals surface area contributed by atoms with E-state index in [0.29, 0.717) is 5.56 Å². The van der Waals surface area contributed by atoms with Gasteiger partial charge in [-0.1, -0.05) is 6.07 Å². The molecule has 10 nitrogen and oxygen atoms in total. The fourth-order valence-corrected chi connectivity index (χ4v) is 2.31. The van der Waals surface area contributed by atoms with Gasteiger partial charge in [0.2, 0.25) is 11.8 Å². The molecule has 27 heavy (non-hydrogen) atoms. The summed E-state index contributed by atoms with van der Waals surface area (Å²) < 4.78 is 1.63. The second-order valence-electron chi connectivity index (χ2n) is 5.96. The first-order valence-corrected chi connectivity index (χ1v) is 8.13. The predicted molar refractivity (Wildman–Crippen MR) is 99.4 cm³/mol. The Morgan fingerprint density at radius 3 is 2.63 bits per heavy atom. The molecule has 0 fully saturated rings. The molecular weight excluding hydrogens is 352 g/mol. The number of anilines is 1. The van der Waals surface area contributed by atoms with E-state index >= 15 is 0 Å². The van der Waals surface area contributed by atoms with Crippen LogP contribution in [0.25, 0.3) is 0 Å². The van der Waals surface area contributed by atoms with Crippen LogP contribution in [0.3, 0.4) is 0 Å². The Kier molecular flexibility index (Phi) is 6.36. The van der Waals surface area contributed by atoms with E-state index in [0.717, 1.165) is 11.3 Å². The van der Waals surface area contributed by atoms with Crippen LogP contribution < -0.4 is 10.7 Å². The lowest BCUT2D eigenvalue weighted by molar-refractivity contribution is -0.384. The van der Waals surface area contributed by atoms with Gasteiger partial charge in [-0.05, 0) is 25.5 Å². The molecule has 2 aromatic rings. The number of carbonyl (C=O) groups excluding carboxylic acids is 2. The van der Waals surface area contributed by atoms with E-state index in [2.05, 4.69) is 20.9 Å². The minimum atomic E-state index is -0.565. The van der Waals surface area contributed by atoms with E-state index in [4.69, 9.17) is 0 Å². The Labute approximate surface area is 155 Å². The van der Waals surface area contributed by atoms with Gasteiger partial charge in [0.1, 0.15) is 5.69 Å². The molecule has 0 aliphatic rings. The van der Waals surface area contributed by atoms with E-state index < -0.39 is 16.7 Å². The monoisotopic (exact) mass is 372 g/mol. The molecule has 2 N–H and O–H groups in total.